The summed E-state index contributed by atoms with van der Waals surface area (Å²) in [5.41, 5.74) is 0.641. The summed E-state index contributed by atoms with van der Waals surface area (Å²) in [4.78, 5) is 14.7. The van der Waals surface area contributed by atoms with Crippen LogP contribution < -0.4 is 0 Å². The van der Waals surface area contributed by atoms with Crippen LogP contribution in [0, 0.1) is 5.82 Å². The molecule has 0 unspecified atom stereocenters. The van der Waals surface area contributed by atoms with Gasteiger partial charge in [0.2, 0.25) is 10.0 Å². The number of halogens is 2. The van der Waals surface area contributed by atoms with Crippen molar-refractivity contribution in [2.75, 3.05) is 26.3 Å². The van der Waals surface area contributed by atoms with Gasteiger partial charge in [-0.25, -0.2) is 12.8 Å². The number of hydrogen-bond acceptors (Lipinski definition) is 4. The number of sulfonamides is 1. The fourth-order valence-electron chi connectivity index (χ4n) is 3.49. The average Bonchev–Trinajstić information content (AvgIpc) is 3.59. The number of carbonyl (C=O) groups excluding carboxylic acids is 1. The Balaban J connectivity index is 1.63. The molecule has 0 N–H and O–H groups in total. The van der Waals surface area contributed by atoms with Gasteiger partial charge in [0.15, 0.2) is 0 Å². The molecule has 2 aromatic rings. The number of carbonyl (C=O) groups is 1. The van der Waals surface area contributed by atoms with Crippen LogP contribution in [0.25, 0.3) is 0 Å². The summed E-state index contributed by atoms with van der Waals surface area (Å²) in [5, 5.41) is 0.0603. The first-order chi connectivity index (χ1) is 14.4. The molecule has 0 spiro atoms. The highest BCUT2D eigenvalue weighted by Crippen LogP contribution is 2.32. The van der Waals surface area contributed by atoms with Crippen LogP contribution in [0.1, 0.15) is 28.8 Å². The molecule has 4 rings (SSSR count). The fraction of sp³-hybridized carbons (Fsp3) is 0.381. The third kappa shape index (κ3) is 4.37. The number of hydrogen-bond donors (Lipinski definition) is 0. The van der Waals surface area contributed by atoms with E-state index in [0.717, 1.165) is 12.8 Å². The van der Waals surface area contributed by atoms with E-state index in [-0.39, 0.29) is 52.9 Å². The second-order valence-corrected chi connectivity index (χ2v) is 9.73. The molecule has 1 saturated heterocycles. The van der Waals surface area contributed by atoms with Crippen LogP contribution in [-0.2, 0) is 21.3 Å². The van der Waals surface area contributed by atoms with Crippen LogP contribution in [0.4, 0.5) is 4.39 Å². The zero-order chi connectivity index (χ0) is 21.3. The smallest absolute Gasteiger partial charge is 0.254 e. The molecular weight excluding hydrogens is 431 g/mol. The normalized spacial score (nSPS) is 17.7. The first-order valence-corrected chi connectivity index (χ1v) is 11.6. The van der Waals surface area contributed by atoms with Crippen LogP contribution in [0.2, 0.25) is 5.02 Å². The Labute approximate surface area is 180 Å². The quantitative estimate of drug-likeness (QED) is 0.674. The molecule has 0 bridgehead atoms. The third-order valence-electron chi connectivity index (χ3n) is 5.31. The molecule has 1 amide bonds. The van der Waals surface area contributed by atoms with Crippen molar-refractivity contribution in [1.29, 1.82) is 0 Å². The lowest BCUT2D eigenvalue weighted by molar-refractivity contribution is 0.0724. The van der Waals surface area contributed by atoms with Gasteiger partial charge in [-0.3, -0.25) is 4.79 Å². The van der Waals surface area contributed by atoms with E-state index in [0.29, 0.717) is 18.8 Å². The third-order valence-corrected chi connectivity index (χ3v) is 7.69. The highest BCUT2D eigenvalue weighted by Gasteiger charge is 2.35. The number of ether oxygens (including phenoxy) is 1. The molecule has 9 heteroatoms. The minimum Gasteiger partial charge on any atom is -0.379 e. The Morgan fingerprint density at radius 1 is 1.17 bits per heavy atom. The number of benzene rings is 2. The predicted octanol–water partition coefficient (Wildman–Crippen LogP) is 3.30. The maximum Gasteiger partial charge on any atom is 0.254 e. The second kappa shape index (κ2) is 8.63. The zero-order valence-corrected chi connectivity index (χ0v) is 17.8. The van der Waals surface area contributed by atoms with Gasteiger partial charge >= 0.3 is 0 Å². The van der Waals surface area contributed by atoms with Gasteiger partial charge < -0.3 is 9.64 Å². The lowest BCUT2D eigenvalue weighted by atomic mass is 10.1. The Bertz CT molecular complexity index is 1050. The van der Waals surface area contributed by atoms with E-state index in [2.05, 4.69) is 0 Å². The minimum atomic E-state index is -3.85. The van der Waals surface area contributed by atoms with Gasteiger partial charge in [-0.15, -0.1) is 0 Å². The highest BCUT2D eigenvalue weighted by atomic mass is 35.5. The van der Waals surface area contributed by atoms with E-state index < -0.39 is 10.0 Å². The molecule has 2 fully saturated rings. The lowest BCUT2D eigenvalue weighted by Crippen LogP contribution is -2.40. The summed E-state index contributed by atoms with van der Waals surface area (Å²) in [6, 6.07) is 10.6. The highest BCUT2D eigenvalue weighted by molar-refractivity contribution is 7.89. The van der Waals surface area contributed by atoms with Crippen molar-refractivity contribution < 1.29 is 22.3 Å². The Morgan fingerprint density at radius 3 is 2.53 bits per heavy atom. The topological polar surface area (TPSA) is 66.9 Å². The van der Waals surface area contributed by atoms with Crippen molar-refractivity contribution >= 4 is 27.5 Å². The van der Waals surface area contributed by atoms with Gasteiger partial charge in [0.25, 0.3) is 5.91 Å². The molecule has 2 aromatic carbocycles. The van der Waals surface area contributed by atoms with E-state index in [9.17, 15) is 17.6 Å². The van der Waals surface area contributed by atoms with Gasteiger partial charge in [0.1, 0.15) is 10.7 Å². The van der Waals surface area contributed by atoms with Crippen molar-refractivity contribution in [2.24, 2.45) is 0 Å². The Hall–Kier alpha value is -2.00. The van der Waals surface area contributed by atoms with E-state index in [4.69, 9.17) is 16.3 Å². The van der Waals surface area contributed by atoms with Crippen molar-refractivity contribution in [3.05, 3.63) is 64.4 Å². The molecule has 1 aliphatic carbocycles. The molecule has 1 heterocycles. The van der Waals surface area contributed by atoms with Gasteiger partial charge in [0.05, 0.1) is 18.2 Å². The molecule has 0 radical (unpaired) electrons. The molecule has 6 nitrogen and oxygen atoms in total. The summed E-state index contributed by atoms with van der Waals surface area (Å²) in [6.45, 7) is 1.22. The van der Waals surface area contributed by atoms with E-state index in [1.54, 1.807) is 23.1 Å². The molecule has 30 heavy (non-hydrogen) atoms. The first kappa shape index (κ1) is 21.2. The standard InChI is InChI=1S/C21H22ClFN2O4S/c22-18-8-5-15(13-20(18)30(27,28)24-9-11-29-12-10-24)21(26)25(17-6-7-17)14-16-3-1-2-4-19(16)23/h1-5,8,13,17H,6-7,9-12,14H2. The van der Waals surface area contributed by atoms with Crippen molar-refractivity contribution in [3.63, 3.8) is 0 Å². The predicted molar refractivity (Wildman–Crippen MR) is 110 cm³/mol. The zero-order valence-electron chi connectivity index (χ0n) is 16.3. The van der Waals surface area contributed by atoms with E-state index >= 15 is 0 Å². The molecule has 0 atom stereocenters. The van der Waals surface area contributed by atoms with Gasteiger partial charge in [0, 0.05) is 36.8 Å². The van der Waals surface area contributed by atoms with Crippen LogP contribution in [0.3, 0.4) is 0 Å². The average molecular weight is 453 g/mol. The summed E-state index contributed by atoms with van der Waals surface area (Å²) in [7, 11) is -3.85. The summed E-state index contributed by atoms with van der Waals surface area (Å²) in [6.07, 6.45) is 1.68. The molecule has 1 aliphatic heterocycles. The van der Waals surface area contributed by atoms with Crippen LogP contribution >= 0.6 is 11.6 Å². The maximum absolute atomic E-state index is 14.1. The Kier molecular flexibility index (Phi) is 6.11. The van der Waals surface area contributed by atoms with Gasteiger partial charge in [-0.05, 0) is 37.1 Å². The minimum absolute atomic E-state index is 0.0204. The lowest BCUT2D eigenvalue weighted by Gasteiger charge is -2.27. The SMILES string of the molecule is O=C(c1ccc(Cl)c(S(=O)(=O)N2CCOCC2)c1)N(Cc1ccccc1F)C1CC1. The summed E-state index contributed by atoms with van der Waals surface area (Å²) in [5.74, 6) is -0.710. The monoisotopic (exact) mass is 452 g/mol. The molecule has 0 aromatic heterocycles. The molecule has 160 valence electrons. The van der Waals surface area contributed by atoms with Crippen molar-refractivity contribution in [1.82, 2.24) is 9.21 Å². The summed E-state index contributed by atoms with van der Waals surface area (Å²) >= 11 is 6.20. The van der Waals surface area contributed by atoms with E-state index in [1.165, 1.54) is 28.6 Å². The molecule has 1 saturated carbocycles. The molecular formula is C21H22ClFN2O4S. The van der Waals surface area contributed by atoms with Gasteiger partial charge in [-0.2, -0.15) is 4.31 Å². The van der Waals surface area contributed by atoms with Gasteiger partial charge in [-0.1, -0.05) is 29.8 Å². The number of rotatable bonds is 6. The van der Waals surface area contributed by atoms with E-state index in [1.807, 2.05) is 0 Å². The van der Waals surface area contributed by atoms with Crippen molar-refractivity contribution in [3.8, 4) is 0 Å². The van der Waals surface area contributed by atoms with Crippen molar-refractivity contribution in [2.45, 2.75) is 30.3 Å². The number of amides is 1. The largest absolute Gasteiger partial charge is 0.379 e. The first-order valence-electron chi connectivity index (χ1n) is 9.80. The number of morpholine rings is 1. The summed E-state index contributed by atoms with van der Waals surface area (Å²) < 4.78 is 46.8. The van der Waals surface area contributed by atoms with Crippen LogP contribution in [0.15, 0.2) is 47.4 Å². The fourth-order valence-corrected chi connectivity index (χ4v) is 5.40. The van der Waals surface area contributed by atoms with Crippen LogP contribution in [-0.4, -0.2) is 55.9 Å². The number of nitrogens with zero attached hydrogens (tertiary/aromatic N) is 2. The molecule has 2 aliphatic rings. The Morgan fingerprint density at radius 2 is 1.87 bits per heavy atom. The van der Waals surface area contributed by atoms with Crippen LogP contribution in [0.5, 0.6) is 0 Å². The second-order valence-electron chi connectivity index (χ2n) is 7.42. The maximum atomic E-state index is 14.1.